The number of benzene rings is 3. The third-order valence-corrected chi connectivity index (χ3v) is 5.38. The van der Waals surface area contributed by atoms with Gasteiger partial charge in [0.25, 0.3) is 5.91 Å². The number of methoxy groups -OCH3 is 1. The minimum atomic E-state index is -0.508. The van der Waals surface area contributed by atoms with Gasteiger partial charge in [-0.25, -0.2) is 4.79 Å². The Morgan fingerprint density at radius 3 is 2.35 bits per heavy atom. The van der Waals surface area contributed by atoms with Crippen LogP contribution in [-0.4, -0.2) is 30.6 Å². The number of anilines is 2. The summed E-state index contributed by atoms with van der Waals surface area (Å²) in [5.74, 6) is -0.748. The van der Waals surface area contributed by atoms with E-state index < -0.39 is 5.97 Å². The zero-order valence-electron chi connectivity index (χ0n) is 17.2. The molecular formula is C24H22N2O4S. The summed E-state index contributed by atoms with van der Waals surface area (Å²) >= 11 is 1.35. The molecule has 3 aromatic carbocycles. The molecule has 3 aromatic rings. The Kier molecular flexibility index (Phi) is 7.45. The van der Waals surface area contributed by atoms with Gasteiger partial charge in [-0.3, -0.25) is 9.59 Å². The van der Waals surface area contributed by atoms with Crippen LogP contribution in [0.1, 0.15) is 26.3 Å². The van der Waals surface area contributed by atoms with E-state index in [2.05, 4.69) is 10.6 Å². The maximum atomic E-state index is 12.3. The second kappa shape index (κ2) is 10.4. The van der Waals surface area contributed by atoms with Crippen LogP contribution in [0.2, 0.25) is 0 Å². The molecule has 0 aromatic heterocycles. The molecule has 2 N–H and O–H groups in total. The van der Waals surface area contributed by atoms with Crippen LogP contribution in [0.25, 0.3) is 0 Å². The lowest BCUT2D eigenvalue weighted by molar-refractivity contribution is -0.113. The molecule has 0 aliphatic heterocycles. The smallest absolute Gasteiger partial charge is 0.339 e. The van der Waals surface area contributed by atoms with Crippen molar-refractivity contribution in [1.82, 2.24) is 0 Å². The Balaban J connectivity index is 1.54. The van der Waals surface area contributed by atoms with Crippen LogP contribution >= 0.6 is 11.8 Å². The van der Waals surface area contributed by atoms with Crippen LogP contribution in [0, 0.1) is 6.92 Å². The quantitative estimate of drug-likeness (QED) is 0.414. The Bertz CT molecular complexity index is 1100. The zero-order chi connectivity index (χ0) is 22.2. The van der Waals surface area contributed by atoms with E-state index in [0.29, 0.717) is 22.5 Å². The first-order valence-electron chi connectivity index (χ1n) is 9.54. The highest BCUT2D eigenvalue weighted by atomic mass is 32.2. The molecule has 158 valence electrons. The van der Waals surface area contributed by atoms with Crippen molar-refractivity contribution < 1.29 is 19.1 Å². The minimum Gasteiger partial charge on any atom is -0.465 e. The molecule has 0 bridgehead atoms. The van der Waals surface area contributed by atoms with Crippen molar-refractivity contribution in [2.75, 3.05) is 23.5 Å². The van der Waals surface area contributed by atoms with Crippen LogP contribution in [0.3, 0.4) is 0 Å². The fourth-order valence-corrected chi connectivity index (χ4v) is 3.54. The van der Waals surface area contributed by atoms with Crippen LogP contribution in [-0.2, 0) is 9.53 Å². The fourth-order valence-electron chi connectivity index (χ4n) is 2.84. The number of esters is 1. The van der Waals surface area contributed by atoms with Crippen LogP contribution in [0.5, 0.6) is 0 Å². The van der Waals surface area contributed by atoms with Crippen LogP contribution in [0.4, 0.5) is 11.4 Å². The van der Waals surface area contributed by atoms with Crippen molar-refractivity contribution in [2.45, 2.75) is 11.8 Å². The highest BCUT2D eigenvalue weighted by Gasteiger charge is 2.13. The predicted octanol–water partition coefficient (Wildman–Crippen LogP) is 4.76. The van der Waals surface area contributed by atoms with E-state index in [-0.39, 0.29) is 17.6 Å². The van der Waals surface area contributed by atoms with Gasteiger partial charge < -0.3 is 15.4 Å². The number of thioether (sulfide) groups is 1. The molecule has 0 spiro atoms. The van der Waals surface area contributed by atoms with E-state index >= 15 is 0 Å². The summed E-state index contributed by atoms with van der Waals surface area (Å²) in [7, 11) is 1.30. The van der Waals surface area contributed by atoms with E-state index in [9.17, 15) is 14.4 Å². The zero-order valence-corrected chi connectivity index (χ0v) is 18.0. The molecule has 3 rings (SSSR count). The Morgan fingerprint density at radius 1 is 0.903 bits per heavy atom. The molecule has 0 saturated carbocycles. The molecule has 2 amide bonds. The number of para-hydroxylation sites is 1. The van der Waals surface area contributed by atoms with Crippen molar-refractivity contribution >= 4 is 40.9 Å². The summed E-state index contributed by atoms with van der Waals surface area (Å²) in [5, 5.41) is 5.60. The average Bonchev–Trinajstić information content (AvgIpc) is 2.78. The average molecular weight is 435 g/mol. The number of nitrogens with one attached hydrogen (secondary N) is 2. The molecule has 0 aliphatic carbocycles. The first-order valence-corrected chi connectivity index (χ1v) is 10.5. The van der Waals surface area contributed by atoms with Crippen molar-refractivity contribution in [3.05, 3.63) is 89.5 Å². The molecule has 31 heavy (non-hydrogen) atoms. The second-order valence-electron chi connectivity index (χ2n) is 6.72. The first-order chi connectivity index (χ1) is 15.0. The number of ether oxygens (including phenoxy) is 1. The molecule has 0 saturated heterocycles. The minimum absolute atomic E-state index is 0.171. The number of hydrogen-bond donors (Lipinski definition) is 2. The maximum Gasteiger partial charge on any atom is 0.339 e. The van der Waals surface area contributed by atoms with Gasteiger partial charge in [0.1, 0.15) is 0 Å². The Labute approximate surface area is 185 Å². The predicted molar refractivity (Wildman–Crippen MR) is 123 cm³/mol. The molecular weight excluding hydrogens is 412 g/mol. The summed E-state index contributed by atoms with van der Waals surface area (Å²) < 4.78 is 4.74. The van der Waals surface area contributed by atoms with E-state index in [1.54, 1.807) is 42.5 Å². The second-order valence-corrected chi connectivity index (χ2v) is 7.77. The number of amides is 2. The highest BCUT2D eigenvalue weighted by Crippen LogP contribution is 2.22. The third-order valence-electron chi connectivity index (χ3n) is 4.37. The van der Waals surface area contributed by atoms with E-state index in [1.807, 2.05) is 37.3 Å². The van der Waals surface area contributed by atoms with Crippen molar-refractivity contribution in [3.63, 3.8) is 0 Å². The number of carbonyl (C=O) groups is 3. The highest BCUT2D eigenvalue weighted by molar-refractivity contribution is 8.00. The maximum absolute atomic E-state index is 12.3. The number of rotatable bonds is 7. The Hall–Kier alpha value is -3.58. The largest absolute Gasteiger partial charge is 0.465 e. The molecule has 0 heterocycles. The number of carbonyl (C=O) groups excluding carboxylic acids is 3. The van der Waals surface area contributed by atoms with Crippen molar-refractivity contribution in [3.8, 4) is 0 Å². The normalized spacial score (nSPS) is 10.3. The third kappa shape index (κ3) is 6.20. The van der Waals surface area contributed by atoms with Crippen LogP contribution in [0.15, 0.2) is 77.7 Å². The Morgan fingerprint density at radius 2 is 1.65 bits per heavy atom. The van der Waals surface area contributed by atoms with E-state index in [1.165, 1.54) is 18.9 Å². The van der Waals surface area contributed by atoms with Gasteiger partial charge in [0.15, 0.2) is 0 Å². The summed E-state index contributed by atoms with van der Waals surface area (Å²) in [6.07, 6.45) is 0. The fraction of sp³-hybridized carbons (Fsp3) is 0.125. The molecule has 7 heteroatoms. The van der Waals surface area contributed by atoms with Gasteiger partial charge in [-0.15, -0.1) is 11.8 Å². The topological polar surface area (TPSA) is 84.5 Å². The first kappa shape index (κ1) is 22.1. The monoisotopic (exact) mass is 434 g/mol. The SMILES string of the molecule is COC(=O)c1ccccc1NC(=O)CSc1ccc(NC(=O)c2cccc(C)c2)cc1. The lowest BCUT2D eigenvalue weighted by atomic mass is 10.1. The van der Waals surface area contributed by atoms with Gasteiger partial charge in [0.2, 0.25) is 5.91 Å². The summed E-state index contributed by atoms with van der Waals surface area (Å²) in [6, 6.07) is 21.3. The molecule has 0 atom stereocenters. The summed E-state index contributed by atoms with van der Waals surface area (Å²) in [4.78, 5) is 37.3. The lowest BCUT2D eigenvalue weighted by Crippen LogP contribution is -2.17. The molecule has 6 nitrogen and oxygen atoms in total. The van der Waals surface area contributed by atoms with E-state index in [4.69, 9.17) is 4.74 Å². The molecule has 0 aliphatic rings. The van der Waals surface area contributed by atoms with E-state index in [0.717, 1.165) is 10.5 Å². The van der Waals surface area contributed by atoms with Gasteiger partial charge in [-0.2, -0.15) is 0 Å². The van der Waals surface area contributed by atoms with Gasteiger partial charge in [0.05, 0.1) is 24.1 Å². The number of hydrogen-bond acceptors (Lipinski definition) is 5. The standard InChI is InChI=1S/C24H22N2O4S/c1-16-6-5-7-17(14-16)23(28)25-18-10-12-19(13-11-18)31-15-22(27)26-21-9-4-3-8-20(21)24(29)30-2/h3-14H,15H2,1-2H3,(H,25,28)(H,26,27). The van der Waals surface area contributed by atoms with Crippen LogP contribution < -0.4 is 10.6 Å². The number of aryl methyl sites for hydroxylation is 1. The van der Waals surface area contributed by atoms with Gasteiger partial charge in [0, 0.05) is 16.1 Å². The van der Waals surface area contributed by atoms with Crippen molar-refractivity contribution in [2.24, 2.45) is 0 Å². The van der Waals surface area contributed by atoms with Gasteiger partial charge in [-0.1, -0.05) is 29.8 Å². The molecule has 0 fully saturated rings. The summed E-state index contributed by atoms with van der Waals surface area (Å²) in [6.45, 7) is 1.94. The van der Waals surface area contributed by atoms with Crippen molar-refractivity contribution in [1.29, 1.82) is 0 Å². The molecule has 0 unspecified atom stereocenters. The summed E-state index contributed by atoms with van der Waals surface area (Å²) in [5.41, 5.74) is 3.01. The lowest BCUT2D eigenvalue weighted by Gasteiger charge is -2.10. The van der Waals surface area contributed by atoms with Gasteiger partial charge >= 0.3 is 5.97 Å². The molecule has 0 radical (unpaired) electrons. The van der Waals surface area contributed by atoms with Gasteiger partial charge in [-0.05, 0) is 55.5 Å².